The number of H-pyrrole nitrogens is 1. The van der Waals surface area contributed by atoms with E-state index in [-0.39, 0.29) is 5.69 Å². The quantitative estimate of drug-likeness (QED) is 0.352. The van der Waals surface area contributed by atoms with Crippen LogP contribution in [0.3, 0.4) is 0 Å². The van der Waals surface area contributed by atoms with Crippen LogP contribution in [0, 0.1) is 5.82 Å². The third-order valence-corrected chi connectivity index (χ3v) is 6.37. The lowest BCUT2D eigenvalue weighted by atomic mass is 10.1. The summed E-state index contributed by atoms with van der Waals surface area (Å²) in [7, 11) is 1.71. The molecule has 0 saturated carbocycles. The molecule has 0 spiro atoms. The van der Waals surface area contributed by atoms with E-state index in [1.807, 2.05) is 18.2 Å². The van der Waals surface area contributed by atoms with E-state index in [4.69, 9.17) is 0 Å². The first-order valence-electron chi connectivity index (χ1n) is 11.4. The zero-order chi connectivity index (χ0) is 25.7. The van der Waals surface area contributed by atoms with Gasteiger partial charge in [-0.3, -0.25) is 9.89 Å². The lowest BCUT2D eigenvalue weighted by molar-refractivity contribution is -0.113. The van der Waals surface area contributed by atoms with Crippen molar-refractivity contribution in [3.8, 4) is 22.5 Å². The summed E-state index contributed by atoms with van der Waals surface area (Å²) >= 11 is 0. The second kappa shape index (κ2) is 8.47. The van der Waals surface area contributed by atoms with Gasteiger partial charge in [0.1, 0.15) is 17.3 Å². The molecule has 0 unspecified atom stereocenters. The Bertz CT molecular complexity index is 1640. The topological polar surface area (TPSA) is 91.7 Å². The zero-order valence-electron chi connectivity index (χ0n) is 19.5. The maximum absolute atomic E-state index is 14.8. The molecular weight excluding hydrogens is 483 g/mol. The van der Waals surface area contributed by atoms with Crippen molar-refractivity contribution in [2.45, 2.75) is 5.92 Å². The molecule has 6 rings (SSSR count). The van der Waals surface area contributed by atoms with Gasteiger partial charge in [0.2, 0.25) is 0 Å². The number of carbonyl (C=O) groups excluding carboxylic acids is 1. The molecule has 0 bridgehead atoms. The SMILES string of the molecule is Cn1c(C(=O)N2CC(F)(F)C2)cc2ccc(-c3nccc(Nc4ccc(-c5cn[nH]c5)cc4F)n3)cc21. The van der Waals surface area contributed by atoms with E-state index in [2.05, 4.69) is 25.5 Å². The Labute approximate surface area is 208 Å². The number of nitrogens with one attached hydrogen (secondary N) is 2. The number of aryl methyl sites for hydroxylation is 1. The molecule has 37 heavy (non-hydrogen) atoms. The van der Waals surface area contributed by atoms with E-state index in [9.17, 15) is 18.0 Å². The molecule has 0 radical (unpaired) electrons. The predicted octanol–water partition coefficient (Wildman–Crippen LogP) is 5.00. The first-order valence-corrected chi connectivity index (χ1v) is 11.4. The van der Waals surface area contributed by atoms with Crippen molar-refractivity contribution in [1.82, 2.24) is 29.6 Å². The van der Waals surface area contributed by atoms with E-state index in [0.29, 0.717) is 28.5 Å². The molecule has 2 N–H and O–H groups in total. The molecule has 1 fully saturated rings. The van der Waals surface area contributed by atoms with E-state index in [0.717, 1.165) is 21.4 Å². The molecule has 1 aliphatic rings. The number of benzene rings is 2. The van der Waals surface area contributed by atoms with Gasteiger partial charge in [0.05, 0.1) is 25.0 Å². The summed E-state index contributed by atoms with van der Waals surface area (Å²) < 4.78 is 42.9. The molecule has 1 aliphatic heterocycles. The number of anilines is 2. The number of alkyl halides is 2. The van der Waals surface area contributed by atoms with Crippen LogP contribution in [0.5, 0.6) is 0 Å². The normalized spacial score (nSPS) is 14.5. The van der Waals surface area contributed by atoms with Crippen LogP contribution in [-0.4, -0.2) is 54.6 Å². The summed E-state index contributed by atoms with van der Waals surface area (Å²) in [5.41, 5.74) is 3.47. The Morgan fingerprint density at radius 1 is 1.05 bits per heavy atom. The second-order valence-corrected chi connectivity index (χ2v) is 8.95. The van der Waals surface area contributed by atoms with Crippen molar-refractivity contribution in [2.75, 3.05) is 18.4 Å². The molecule has 1 amide bonds. The van der Waals surface area contributed by atoms with E-state index in [1.165, 1.54) is 6.07 Å². The summed E-state index contributed by atoms with van der Waals surface area (Å²) in [4.78, 5) is 22.7. The van der Waals surface area contributed by atoms with Gasteiger partial charge < -0.3 is 14.8 Å². The first-order chi connectivity index (χ1) is 17.8. The highest BCUT2D eigenvalue weighted by molar-refractivity contribution is 6.00. The van der Waals surface area contributed by atoms with Gasteiger partial charge in [-0.15, -0.1) is 0 Å². The Balaban J connectivity index is 1.26. The molecule has 4 heterocycles. The van der Waals surface area contributed by atoms with Crippen LogP contribution < -0.4 is 5.32 Å². The Hall–Kier alpha value is -4.67. The fourth-order valence-corrected chi connectivity index (χ4v) is 4.40. The molecule has 8 nitrogen and oxygen atoms in total. The summed E-state index contributed by atoms with van der Waals surface area (Å²) in [5.74, 6) is -2.90. The monoisotopic (exact) mass is 503 g/mol. The molecule has 2 aromatic carbocycles. The van der Waals surface area contributed by atoms with Gasteiger partial charge >= 0.3 is 0 Å². The minimum absolute atomic E-state index is 0.259. The number of carbonyl (C=O) groups is 1. The number of likely N-dealkylation sites (tertiary alicyclic amines) is 1. The lowest BCUT2D eigenvalue weighted by Crippen LogP contribution is -2.58. The first kappa shape index (κ1) is 22.8. The minimum Gasteiger partial charge on any atom is -0.340 e. The lowest BCUT2D eigenvalue weighted by Gasteiger charge is -2.38. The van der Waals surface area contributed by atoms with Crippen LogP contribution in [0.1, 0.15) is 10.5 Å². The number of halogens is 3. The van der Waals surface area contributed by atoms with Crippen LogP contribution in [0.2, 0.25) is 0 Å². The number of aromatic amines is 1. The Morgan fingerprint density at radius 3 is 2.59 bits per heavy atom. The van der Waals surface area contributed by atoms with E-state index >= 15 is 0 Å². The summed E-state index contributed by atoms with van der Waals surface area (Å²) in [5, 5.41) is 10.4. The second-order valence-electron chi connectivity index (χ2n) is 8.95. The summed E-state index contributed by atoms with van der Waals surface area (Å²) in [6, 6.07) is 13.6. The largest absolute Gasteiger partial charge is 0.340 e. The standard InChI is InChI=1S/C26H20F3N7O/c1-35-21-10-17(3-2-16(21)9-22(35)25(37)36-13-26(28,29)14-36)24-30-7-6-23(34-24)33-20-5-4-15(8-19(20)27)18-11-31-32-12-18/h2-12H,13-14H2,1H3,(H,31,32)(H,30,33,34). The molecule has 1 saturated heterocycles. The van der Waals surface area contributed by atoms with Crippen molar-refractivity contribution in [3.63, 3.8) is 0 Å². The minimum atomic E-state index is -2.82. The van der Waals surface area contributed by atoms with Crippen molar-refractivity contribution in [1.29, 1.82) is 0 Å². The molecule has 186 valence electrons. The molecule has 5 aromatic rings. The van der Waals surface area contributed by atoms with E-state index in [1.54, 1.807) is 54.5 Å². The van der Waals surface area contributed by atoms with Crippen molar-refractivity contribution < 1.29 is 18.0 Å². The highest BCUT2D eigenvalue weighted by Crippen LogP contribution is 2.31. The summed E-state index contributed by atoms with van der Waals surface area (Å²) in [6.07, 6.45) is 4.87. The van der Waals surface area contributed by atoms with E-state index < -0.39 is 30.7 Å². The molecule has 3 aromatic heterocycles. The van der Waals surface area contributed by atoms with Crippen LogP contribution in [-0.2, 0) is 7.05 Å². The smallest absolute Gasteiger partial charge is 0.282 e. The molecule has 0 atom stereocenters. The number of amides is 1. The van der Waals surface area contributed by atoms with Crippen molar-refractivity contribution in [2.24, 2.45) is 7.05 Å². The van der Waals surface area contributed by atoms with Gasteiger partial charge in [-0.25, -0.2) is 23.1 Å². The zero-order valence-corrected chi connectivity index (χ0v) is 19.5. The van der Waals surface area contributed by atoms with Gasteiger partial charge in [0, 0.05) is 41.5 Å². The predicted molar refractivity (Wildman–Crippen MR) is 132 cm³/mol. The molecule has 11 heteroatoms. The van der Waals surface area contributed by atoms with Crippen molar-refractivity contribution >= 4 is 28.3 Å². The maximum atomic E-state index is 14.8. The molecular formula is C26H20F3N7O. The van der Waals surface area contributed by atoms with Gasteiger partial charge in [0.25, 0.3) is 11.8 Å². The Morgan fingerprint density at radius 2 is 1.86 bits per heavy atom. The average Bonchev–Trinajstić information content (AvgIpc) is 3.52. The highest BCUT2D eigenvalue weighted by atomic mass is 19.3. The summed E-state index contributed by atoms with van der Waals surface area (Å²) in [6.45, 7) is -1.14. The number of nitrogens with zero attached hydrogens (tertiary/aromatic N) is 5. The molecule has 0 aliphatic carbocycles. The highest BCUT2D eigenvalue weighted by Gasteiger charge is 2.46. The number of hydrogen-bond acceptors (Lipinski definition) is 5. The number of hydrogen-bond donors (Lipinski definition) is 2. The van der Waals surface area contributed by atoms with Crippen LogP contribution in [0.4, 0.5) is 24.7 Å². The fraction of sp³-hybridized carbons (Fsp3) is 0.154. The van der Waals surface area contributed by atoms with Crippen LogP contribution >= 0.6 is 0 Å². The maximum Gasteiger partial charge on any atom is 0.282 e. The van der Waals surface area contributed by atoms with Crippen LogP contribution in [0.15, 0.2) is 67.1 Å². The van der Waals surface area contributed by atoms with Gasteiger partial charge in [0.15, 0.2) is 5.82 Å². The van der Waals surface area contributed by atoms with Gasteiger partial charge in [-0.05, 0) is 35.9 Å². The average molecular weight is 503 g/mol. The number of aromatic nitrogens is 5. The Kier molecular flexibility index (Phi) is 5.21. The third kappa shape index (κ3) is 4.18. The van der Waals surface area contributed by atoms with Gasteiger partial charge in [-0.1, -0.05) is 18.2 Å². The van der Waals surface area contributed by atoms with Crippen LogP contribution in [0.25, 0.3) is 33.4 Å². The van der Waals surface area contributed by atoms with Gasteiger partial charge in [-0.2, -0.15) is 5.10 Å². The number of rotatable bonds is 5. The third-order valence-electron chi connectivity index (χ3n) is 6.37. The number of fused-ring (bicyclic) bond motifs is 1. The fourth-order valence-electron chi connectivity index (χ4n) is 4.40. The van der Waals surface area contributed by atoms with Crippen molar-refractivity contribution in [3.05, 3.63) is 78.6 Å².